The molecule has 102 valence electrons. The number of rotatable bonds is 4. The van der Waals surface area contributed by atoms with Crippen molar-refractivity contribution in [3.8, 4) is 0 Å². The molecule has 0 aliphatic heterocycles. The average Bonchev–Trinajstić information content (AvgIpc) is 2.41. The molecular formula is C13H10N2O5. The first-order chi connectivity index (χ1) is 9.47. The minimum absolute atomic E-state index is 0.0185. The summed E-state index contributed by atoms with van der Waals surface area (Å²) in [4.78, 5) is 32.7. The van der Waals surface area contributed by atoms with E-state index in [4.69, 9.17) is 5.11 Å². The molecule has 0 radical (unpaired) electrons. The fourth-order valence-corrected chi connectivity index (χ4v) is 1.75. The number of aromatic carboxylic acids is 1. The summed E-state index contributed by atoms with van der Waals surface area (Å²) < 4.78 is 1.20. The van der Waals surface area contributed by atoms with E-state index >= 15 is 0 Å². The highest BCUT2D eigenvalue weighted by molar-refractivity contribution is 5.87. The van der Waals surface area contributed by atoms with Crippen LogP contribution in [0.15, 0.2) is 47.4 Å². The minimum atomic E-state index is -1.14. The topological polar surface area (TPSA) is 102 Å². The summed E-state index contributed by atoms with van der Waals surface area (Å²) >= 11 is 0. The summed E-state index contributed by atoms with van der Waals surface area (Å²) in [7, 11) is 0. The molecule has 0 saturated carbocycles. The molecule has 2 aromatic rings. The molecule has 1 aromatic carbocycles. The zero-order valence-electron chi connectivity index (χ0n) is 10.2. The Morgan fingerprint density at radius 1 is 1.30 bits per heavy atom. The van der Waals surface area contributed by atoms with Gasteiger partial charge in [-0.1, -0.05) is 12.1 Å². The summed E-state index contributed by atoms with van der Waals surface area (Å²) in [6.07, 6.45) is 1.21. The van der Waals surface area contributed by atoms with Crippen molar-refractivity contribution in [3.63, 3.8) is 0 Å². The quantitative estimate of drug-likeness (QED) is 0.672. The van der Waals surface area contributed by atoms with Crippen LogP contribution in [-0.2, 0) is 6.54 Å². The molecule has 0 saturated heterocycles. The predicted octanol–water partition coefficient (Wildman–Crippen LogP) is 1.50. The molecule has 0 unspecified atom stereocenters. The van der Waals surface area contributed by atoms with E-state index in [1.165, 1.54) is 35.0 Å². The molecule has 1 heterocycles. The second-order valence-electron chi connectivity index (χ2n) is 4.12. The Balaban J connectivity index is 2.37. The maximum atomic E-state index is 11.7. The molecule has 0 spiro atoms. The molecule has 1 N–H and O–H groups in total. The number of benzene rings is 1. The third kappa shape index (κ3) is 2.89. The van der Waals surface area contributed by atoms with Crippen LogP contribution >= 0.6 is 0 Å². The number of carbonyl (C=O) groups is 1. The molecule has 0 aliphatic carbocycles. The first-order valence-corrected chi connectivity index (χ1v) is 5.64. The molecule has 0 atom stereocenters. The van der Waals surface area contributed by atoms with Gasteiger partial charge in [0.25, 0.3) is 11.2 Å². The first kappa shape index (κ1) is 13.5. The predicted molar refractivity (Wildman–Crippen MR) is 69.9 cm³/mol. The van der Waals surface area contributed by atoms with E-state index in [1.807, 2.05) is 0 Å². The molecule has 7 heteroatoms. The summed E-state index contributed by atoms with van der Waals surface area (Å²) in [6.45, 7) is 0.0711. The number of carboxylic acids is 1. The number of pyridine rings is 1. The van der Waals surface area contributed by atoms with Crippen LogP contribution in [0.3, 0.4) is 0 Å². The van der Waals surface area contributed by atoms with Crippen LogP contribution in [-0.4, -0.2) is 20.6 Å². The van der Waals surface area contributed by atoms with Gasteiger partial charge in [-0.15, -0.1) is 0 Å². The molecule has 0 fully saturated rings. The van der Waals surface area contributed by atoms with Crippen molar-refractivity contribution < 1.29 is 14.8 Å². The fraction of sp³-hybridized carbons (Fsp3) is 0.0769. The van der Waals surface area contributed by atoms with Crippen LogP contribution < -0.4 is 5.56 Å². The highest BCUT2D eigenvalue weighted by atomic mass is 16.6. The number of hydrogen-bond donors (Lipinski definition) is 1. The number of aromatic nitrogens is 1. The van der Waals surface area contributed by atoms with Gasteiger partial charge in [0.1, 0.15) is 0 Å². The number of carboxylic acid groups (broad SMARTS) is 1. The Bertz CT molecular complexity index is 736. The van der Waals surface area contributed by atoms with Crippen molar-refractivity contribution in [2.45, 2.75) is 6.54 Å². The van der Waals surface area contributed by atoms with E-state index < -0.39 is 10.9 Å². The van der Waals surface area contributed by atoms with Gasteiger partial charge < -0.3 is 9.67 Å². The van der Waals surface area contributed by atoms with E-state index in [0.717, 1.165) is 6.07 Å². The molecule has 0 aliphatic rings. The minimum Gasteiger partial charge on any atom is -0.478 e. The van der Waals surface area contributed by atoms with Crippen molar-refractivity contribution in [1.82, 2.24) is 4.57 Å². The van der Waals surface area contributed by atoms with E-state index in [2.05, 4.69) is 0 Å². The third-order valence-electron chi connectivity index (χ3n) is 2.70. The van der Waals surface area contributed by atoms with Crippen LogP contribution in [0.1, 0.15) is 15.9 Å². The number of nitro groups is 1. The number of nitro benzene ring substituents is 1. The van der Waals surface area contributed by atoms with Crippen LogP contribution in [0.2, 0.25) is 0 Å². The van der Waals surface area contributed by atoms with Gasteiger partial charge in [-0.3, -0.25) is 14.9 Å². The van der Waals surface area contributed by atoms with E-state index in [-0.39, 0.29) is 23.4 Å². The van der Waals surface area contributed by atoms with Gasteiger partial charge in [-0.05, 0) is 11.6 Å². The molecule has 20 heavy (non-hydrogen) atoms. The smallest absolute Gasteiger partial charge is 0.337 e. The summed E-state index contributed by atoms with van der Waals surface area (Å²) in [5, 5.41) is 19.6. The van der Waals surface area contributed by atoms with Gasteiger partial charge in [0.2, 0.25) is 0 Å². The Kier molecular flexibility index (Phi) is 3.60. The second kappa shape index (κ2) is 5.35. The standard InChI is InChI=1S/C13H10N2O5/c16-12-5-4-10(13(17)18)8-14(12)7-9-2-1-3-11(6-9)15(19)20/h1-6,8H,7H2,(H,17,18). The van der Waals surface area contributed by atoms with Crippen LogP contribution in [0.5, 0.6) is 0 Å². The van der Waals surface area contributed by atoms with Gasteiger partial charge in [0.05, 0.1) is 17.0 Å². The third-order valence-corrected chi connectivity index (χ3v) is 2.70. The Morgan fingerprint density at radius 2 is 2.05 bits per heavy atom. The van der Waals surface area contributed by atoms with Crippen molar-refractivity contribution >= 4 is 11.7 Å². The highest BCUT2D eigenvalue weighted by Crippen LogP contribution is 2.13. The Morgan fingerprint density at radius 3 is 2.70 bits per heavy atom. The van der Waals surface area contributed by atoms with Gasteiger partial charge in [0.15, 0.2) is 0 Å². The van der Waals surface area contributed by atoms with Crippen LogP contribution in [0.25, 0.3) is 0 Å². The number of nitrogens with zero attached hydrogens (tertiary/aromatic N) is 2. The lowest BCUT2D eigenvalue weighted by Crippen LogP contribution is -2.20. The second-order valence-corrected chi connectivity index (χ2v) is 4.12. The van der Waals surface area contributed by atoms with E-state index in [1.54, 1.807) is 6.07 Å². The van der Waals surface area contributed by atoms with Gasteiger partial charge in [-0.25, -0.2) is 4.79 Å². The number of hydrogen-bond acceptors (Lipinski definition) is 4. The van der Waals surface area contributed by atoms with Crippen molar-refractivity contribution in [2.24, 2.45) is 0 Å². The van der Waals surface area contributed by atoms with Crippen molar-refractivity contribution in [3.05, 3.63) is 74.2 Å². The monoisotopic (exact) mass is 274 g/mol. The highest BCUT2D eigenvalue weighted by Gasteiger charge is 2.08. The molecule has 2 rings (SSSR count). The molecule has 7 nitrogen and oxygen atoms in total. The summed E-state index contributed by atoms with van der Waals surface area (Å²) in [6, 6.07) is 8.21. The van der Waals surface area contributed by atoms with Crippen molar-refractivity contribution in [1.29, 1.82) is 0 Å². The molecule has 1 aromatic heterocycles. The van der Waals surface area contributed by atoms with E-state index in [9.17, 15) is 19.7 Å². The van der Waals surface area contributed by atoms with Gasteiger partial charge >= 0.3 is 5.97 Å². The zero-order chi connectivity index (χ0) is 14.7. The lowest BCUT2D eigenvalue weighted by atomic mass is 10.2. The maximum Gasteiger partial charge on any atom is 0.337 e. The van der Waals surface area contributed by atoms with Gasteiger partial charge in [-0.2, -0.15) is 0 Å². The lowest BCUT2D eigenvalue weighted by Gasteiger charge is -2.06. The molecule has 0 amide bonds. The van der Waals surface area contributed by atoms with Crippen molar-refractivity contribution in [2.75, 3.05) is 0 Å². The average molecular weight is 274 g/mol. The summed E-state index contributed by atoms with van der Waals surface area (Å²) in [5.41, 5.74) is 0.0744. The normalized spacial score (nSPS) is 10.2. The van der Waals surface area contributed by atoms with E-state index in [0.29, 0.717) is 5.56 Å². The Hall–Kier alpha value is -2.96. The fourth-order valence-electron chi connectivity index (χ4n) is 1.75. The Labute approximate surface area is 112 Å². The SMILES string of the molecule is O=C(O)c1ccc(=O)n(Cc2cccc([N+](=O)[O-])c2)c1. The van der Waals surface area contributed by atoms with Crippen LogP contribution in [0.4, 0.5) is 5.69 Å². The lowest BCUT2D eigenvalue weighted by molar-refractivity contribution is -0.384. The first-order valence-electron chi connectivity index (χ1n) is 5.64. The molecular weight excluding hydrogens is 264 g/mol. The van der Waals surface area contributed by atoms with Crippen LogP contribution in [0, 0.1) is 10.1 Å². The zero-order valence-corrected chi connectivity index (χ0v) is 10.2. The number of non-ortho nitro benzene ring substituents is 1. The largest absolute Gasteiger partial charge is 0.478 e. The molecule has 0 bridgehead atoms. The maximum absolute atomic E-state index is 11.7. The summed E-state index contributed by atoms with van der Waals surface area (Å²) in [5.74, 6) is -1.14. The van der Waals surface area contributed by atoms with Gasteiger partial charge in [0, 0.05) is 24.4 Å².